The van der Waals surface area contributed by atoms with Crippen LogP contribution in [0.15, 0.2) is 60.8 Å². The van der Waals surface area contributed by atoms with Gasteiger partial charge in [-0.3, -0.25) is 0 Å². The van der Waals surface area contributed by atoms with E-state index < -0.39 is 6.10 Å². The molecule has 4 aromatic rings. The van der Waals surface area contributed by atoms with Crippen LogP contribution in [0.2, 0.25) is 0 Å². The average Bonchev–Trinajstić information content (AvgIpc) is 3.10. The Labute approximate surface area is 134 Å². The number of aliphatic hydroxyl groups is 1. The summed E-state index contributed by atoms with van der Waals surface area (Å²) in [5.41, 5.74) is 3.20. The first-order valence-corrected chi connectivity index (χ1v) is 7.86. The number of aromatic nitrogens is 3. The Morgan fingerprint density at radius 1 is 0.957 bits per heavy atom. The van der Waals surface area contributed by atoms with Crippen molar-refractivity contribution in [1.29, 1.82) is 0 Å². The van der Waals surface area contributed by atoms with Gasteiger partial charge in [-0.05, 0) is 36.6 Å². The van der Waals surface area contributed by atoms with Crippen LogP contribution in [-0.4, -0.2) is 25.3 Å². The van der Waals surface area contributed by atoms with Gasteiger partial charge in [0.2, 0.25) is 0 Å². The number of aliphatic hydroxyl groups excluding tert-OH is 1. The number of hydrogen-bond acceptors (Lipinski definition) is 2. The molecule has 2 heterocycles. The molecule has 0 fully saturated rings. The van der Waals surface area contributed by atoms with Crippen LogP contribution in [0, 0.1) is 6.92 Å². The summed E-state index contributed by atoms with van der Waals surface area (Å²) < 4.78 is 4.19. The van der Waals surface area contributed by atoms with E-state index in [9.17, 15) is 5.11 Å². The minimum absolute atomic E-state index is 0.470. The standard InChI is InChI=1S/C19H19N3O/c1-14-20-17-7-3-5-9-19(17)22(14)13-16(23)12-21-11-10-15-6-2-4-8-18(15)21/h2-11,16,23H,12-13H2,1H3. The van der Waals surface area contributed by atoms with E-state index in [4.69, 9.17) is 0 Å². The molecular weight excluding hydrogens is 286 g/mol. The number of benzene rings is 2. The van der Waals surface area contributed by atoms with E-state index in [1.807, 2.05) is 49.5 Å². The number of nitrogens with zero attached hydrogens (tertiary/aromatic N) is 3. The Balaban J connectivity index is 1.60. The minimum atomic E-state index is -0.470. The van der Waals surface area contributed by atoms with Crippen molar-refractivity contribution in [2.24, 2.45) is 0 Å². The Morgan fingerprint density at radius 2 is 1.70 bits per heavy atom. The smallest absolute Gasteiger partial charge is 0.106 e. The van der Waals surface area contributed by atoms with Crippen molar-refractivity contribution < 1.29 is 5.11 Å². The fraction of sp³-hybridized carbons (Fsp3) is 0.211. The number of rotatable bonds is 4. The lowest BCUT2D eigenvalue weighted by Gasteiger charge is -2.15. The second-order valence-corrected chi connectivity index (χ2v) is 5.94. The lowest BCUT2D eigenvalue weighted by Crippen LogP contribution is -2.22. The largest absolute Gasteiger partial charge is 0.389 e. The van der Waals surface area contributed by atoms with Gasteiger partial charge in [0.15, 0.2) is 0 Å². The molecule has 116 valence electrons. The van der Waals surface area contributed by atoms with E-state index in [0.717, 1.165) is 22.4 Å². The third kappa shape index (κ3) is 2.51. The lowest BCUT2D eigenvalue weighted by atomic mass is 10.2. The highest BCUT2D eigenvalue weighted by Crippen LogP contribution is 2.18. The zero-order valence-electron chi connectivity index (χ0n) is 13.1. The van der Waals surface area contributed by atoms with Gasteiger partial charge >= 0.3 is 0 Å². The van der Waals surface area contributed by atoms with Gasteiger partial charge in [0.1, 0.15) is 5.82 Å². The van der Waals surface area contributed by atoms with Crippen LogP contribution in [0.1, 0.15) is 5.82 Å². The van der Waals surface area contributed by atoms with Crippen LogP contribution in [0.3, 0.4) is 0 Å². The van der Waals surface area contributed by atoms with Crippen LogP contribution in [-0.2, 0) is 13.1 Å². The second kappa shape index (κ2) is 5.56. The molecule has 0 aliphatic rings. The molecule has 0 aliphatic carbocycles. The van der Waals surface area contributed by atoms with E-state index in [1.54, 1.807) is 0 Å². The predicted molar refractivity (Wildman–Crippen MR) is 92.4 cm³/mol. The summed E-state index contributed by atoms with van der Waals surface area (Å²) >= 11 is 0. The summed E-state index contributed by atoms with van der Waals surface area (Å²) in [6.07, 6.45) is 1.56. The molecule has 0 spiro atoms. The summed E-state index contributed by atoms with van der Waals surface area (Å²) in [5.74, 6) is 0.933. The first-order chi connectivity index (χ1) is 11.2. The molecule has 2 aromatic carbocycles. The Hall–Kier alpha value is -2.59. The fourth-order valence-corrected chi connectivity index (χ4v) is 3.22. The van der Waals surface area contributed by atoms with Crippen molar-refractivity contribution in [3.63, 3.8) is 0 Å². The average molecular weight is 305 g/mol. The van der Waals surface area contributed by atoms with Crippen LogP contribution < -0.4 is 0 Å². The van der Waals surface area contributed by atoms with E-state index in [-0.39, 0.29) is 0 Å². The minimum Gasteiger partial charge on any atom is -0.389 e. The lowest BCUT2D eigenvalue weighted by molar-refractivity contribution is 0.136. The second-order valence-electron chi connectivity index (χ2n) is 5.94. The maximum Gasteiger partial charge on any atom is 0.106 e. The van der Waals surface area contributed by atoms with Crippen molar-refractivity contribution in [2.75, 3.05) is 0 Å². The Bertz CT molecular complexity index is 967. The predicted octanol–water partition coefficient (Wildman–Crippen LogP) is 3.36. The highest BCUT2D eigenvalue weighted by Gasteiger charge is 2.13. The van der Waals surface area contributed by atoms with Crippen molar-refractivity contribution >= 4 is 21.9 Å². The van der Waals surface area contributed by atoms with Gasteiger partial charge in [-0.25, -0.2) is 4.98 Å². The quantitative estimate of drug-likeness (QED) is 0.628. The van der Waals surface area contributed by atoms with Gasteiger partial charge in [0.25, 0.3) is 0 Å². The van der Waals surface area contributed by atoms with Gasteiger partial charge in [0.05, 0.1) is 30.2 Å². The van der Waals surface area contributed by atoms with Crippen molar-refractivity contribution in [2.45, 2.75) is 26.1 Å². The van der Waals surface area contributed by atoms with E-state index >= 15 is 0 Å². The molecule has 23 heavy (non-hydrogen) atoms. The van der Waals surface area contributed by atoms with Crippen LogP contribution >= 0.6 is 0 Å². The van der Waals surface area contributed by atoms with Crippen molar-refractivity contribution in [3.05, 3.63) is 66.6 Å². The molecule has 0 saturated carbocycles. The zero-order valence-corrected chi connectivity index (χ0v) is 13.1. The fourth-order valence-electron chi connectivity index (χ4n) is 3.22. The molecule has 1 N–H and O–H groups in total. The molecule has 0 amide bonds. The molecule has 1 atom stereocenters. The molecule has 4 heteroatoms. The van der Waals surface area contributed by atoms with Crippen molar-refractivity contribution in [3.8, 4) is 0 Å². The number of imidazole rings is 1. The number of hydrogen-bond donors (Lipinski definition) is 1. The Morgan fingerprint density at radius 3 is 2.57 bits per heavy atom. The summed E-state index contributed by atoms with van der Waals surface area (Å²) in [7, 11) is 0. The van der Waals surface area contributed by atoms with Crippen LogP contribution in [0.4, 0.5) is 0 Å². The SMILES string of the molecule is Cc1nc2ccccc2n1CC(O)Cn1ccc2ccccc21. The number of aryl methyl sites for hydroxylation is 1. The van der Waals surface area contributed by atoms with E-state index in [2.05, 4.69) is 32.3 Å². The molecule has 0 radical (unpaired) electrons. The van der Waals surface area contributed by atoms with Gasteiger partial charge in [-0.15, -0.1) is 0 Å². The van der Waals surface area contributed by atoms with Gasteiger partial charge in [-0.1, -0.05) is 30.3 Å². The zero-order chi connectivity index (χ0) is 15.8. The maximum atomic E-state index is 10.6. The monoisotopic (exact) mass is 305 g/mol. The Kier molecular flexibility index (Phi) is 3.39. The van der Waals surface area contributed by atoms with E-state index in [1.165, 1.54) is 5.39 Å². The number of fused-ring (bicyclic) bond motifs is 2. The van der Waals surface area contributed by atoms with Gasteiger partial charge in [0, 0.05) is 11.7 Å². The molecule has 0 bridgehead atoms. The van der Waals surface area contributed by atoms with Crippen LogP contribution in [0.5, 0.6) is 0 Å². The third-order valence-corrected chi connectivity index (χ3v) is 4.33. The molecule has 4 rings (SSSR count). The summed E-state index contributed by atoms with van der Waals surface area (Å²) in [4.78, 5) is 4.56. The first-order valence-electron chi connectivity index (χ1n) is 7.86. The normalized spacial score (nSPS) is 13.0. The topological polar surface area (TPSA) is 43.0 Å². The van der Waals surface area contributed by atoms with Gasteiger partial charge in [-0.2, -0.15) is 0 Å². The first kappa shape index (κ1) is 14.0. The summed E-state index contributed by atoms with van der Waals surface area (Å²) in [6, 6.07) is 18.4. The molecule has 0 saturated heterocycles. The molecule has 2 aromatic heterocycles. The van der Waals surface area contributed by atoms with E-state index in [0.29, 0.717) is 13.1 Å². The third-order valence-electron chi connectivity index (χ3n) is 4.33. The molecule has 1 unspecified atom stereocenters. The maximum absolute atomic E-state index is 10.6. The molecule has 4 nitrogen and oxygen atoms in total. The summed E-state index contributed by atoms with van der Waals surface area (Å²) in [5, 5.41) is 11.8. The number of para-hydroxylation sites is 3. The highest BCUT2D eigenvalue weighted by atomic mass is 16.3. The summed E-state index contributed by atoms with van der Waals surface area (Å²) in [6.45, 7) is 3.09. The van der Waals surface area contributed by atoms with Gasteiger partial charge < -0.3 is 14.2 Å². The molecular formula is C19H19N3O. The van der Waals surface area contributed by atoms with Crippen molar-refractivity contribution in [1.82, 2.24) is 14.1 Å². The van der Waals surface area contributed by atoms with Crippen LogP contribution in [0.25, 0.3) is 21.9 Å². The highest BCUT2D eigenvalue weighted by molar-refractivity contribution is 5.80. The molecule has 0 aliphatic heterocycles.